The van der Waals surface area contributed by atoms with Crippen molar-refractivity contribution in [2.75, 3.05) is 11.9 Å². The zero-order chi connectivity index (χ0) is 16.8. The summed E-state index contributed by atoms with van der Waals surface area (Å²) in [5.41, 5.74) is 4.30. The number of urea groups is 1. The topological polar surface area (TPSA) is 32.8 Å². The number of hydrogen-bond donors (Lipinski definition) is 0. The zero-order valence-corrected chi connectivity index (χ0v) is 15.8. The molecule has 2 unspecified atom stereocenters. The standard InChI is InChI=1S/C17H27N2O2P/c1-10-8-9-14(12(3)11(10)2)19-15(13(4)21-22)17(5,6)18(7)16(19)20/h8-9,13,15H,22H2,1-7H3/t13?,15-/m0/s1. The van der Waals surface area contributed by atoms with Gasteiger partial charge in [0.2, 0.25) is 0 Å². The lowest BCUT2D eigenvalue weighted by Crippen LogP contribution is -2.51. The minimum atomic E-state index is -0.307. The molecule has 2 amide bonds. The quantitative estimate of drug-likeness (QED) is 0.792. The number of aryl methyl sites for hydroxylation is 1. The van der Waals surface area contributed by atoms with E-state index >= 15 is 0 Å². The maximum atomic E-state index is 12.9. The van der Waals surface area contributed by atoms with Gasteiger partial charge in [0.25, 0.3) is 0 Å². The van der Waals surface area contributed by atoms with E-state index in [1.54, 1.807) is 0 Å². The van der Waals surface area contributed by atoms with E-state index < -0.39 is 0 Å². The van der Waals surface area contributed by atoms with Gasteiger partial charge in [0, 0.05) is 22.2 Å². The first kappa shape index (κ1) is 17.2. The summed E-state index contributed by atoms with van der Waals surface area (Å²) in [5.74, 6) is 0. The van der Waals surface area contributed by atoms with Gasteiger partial charge >= 0.3 is 6.03 Å². The summed E-state index contributed by atoms with van der Waals surface area (Å²) in [6.07, 6.45) is -0.0880. The molecule has 0 radical (unpaired) electrons. The van der Waals surface area contributed by atoms with Gasteiger partial charge in [-0.05, 0) is 64.3 Å². The Hall–Kier alpha value is -1.12. The molecule has 1 fully saturated rings. The zero-order valence-electron chi connectivity index (χ0n) is 14.6. The minimum Gasteiger partial charge on any atom is -0.360 e. The number of hydrogen-bond acceptors (Lipinski definition) is 2. The number of amides is 2. The molecule has 0 saturated carbocycles. The van der Waals surface area contributed by atoms with Crippen molar-refractivity contribution in [1.82, 2.24) is 4.90 Å². The highest BCUT2D eigenvalue weighted by molar-refractivity contribution is 7.09. The smallest absolute Gasteiger partial charge is 0.325 e. The maximum Gasteiger partial charge on any atom is 0.325 e. The molecule has 3 atom stereocenters. The van der Waals surface area contributed by atoms with Crippen LogP contribution in [0, 0.1) is 20.8 Å². The van der Waals surface area contributed by atoms with Crippen molar-refractivity contribution in [2.45, 2.75) is 59.2 Å². The Labute approximate surface area is 136 Å². The van der Waals surface area contributed by atoms with Crippen LogP contribution in [0.5, 0.6) is 0 Å². The van der Waals surface area contributed by atoms with E-state index in [1.165, 1.54) is 11.1 Å². The third kappa shape index (κ3) is 2.43. The van der Waals surface area contributed by atoms with Crippen LogP contribution in [0.1, 0.15) is 37.5 Å². The number of rotatable bonds is 3. The van der Waals surface area contributed by atoms with Crippen molar-refractivity contribution in [1.29, 1.82) is 0 Å². The molecule has 5 heteroatoms. The Bertz CT molecular complexity index is 601. The molecule has 22 heavy (non-hydrogen) atoms. The van der Waals surface area contributed by atoms with E-state index in [1.807, 2.05) is 29.8 Å². The van der Waals surface area contributed by atoms with E-state index in [9.17, 15) is 4.79 Å². The Morgan fingerprint density at radius 2 is 1.82 bits per heavy atom. The molecule has 1 aromatic carbocycles. The predicted molar refractivity (Wildman–Crippen MR) is 94.4 cm³/mol. The van der Waals surface area contributed by atoms with Crippen molar-refractivity contribution < 1.29 is 9.32 Å². The Morgan fingerprint density at radius 3 is 2.36 bits per heavy atom. The third-order valence-electron chi connectivity index (χ3n) is 5.31. The number of carbonyl (C=O) groups is 1. The van der Waals surface area contributed by atoms with Gasteiger partial charge in [0.05, 0.1) is 17.7 Å². The number of likely N-dealkylation sites (N-methyl/N-ethyl adjacent to an activating group) is 1. The van der Waals surface area contributed by atoms with Crippen LogP contribution in [0.15, 0.2) is 12.1 Å². The molecule has 1 aliphatic rings. The largest absolute Gasteiger partial charge is 0.360 e. The van der Waals surface area contributed by atoms with Crippen LogP contribution in [0.4, 0.5) is 10.5 Å². The fourth-order valence-electron chi connectivity index (χ4n) is 3.36. The summed E-state index contributed by atoms with van der Waals surface area (Å²) < 4.78 is 5.51. The van der Waals surface area contributed by atoms with Crippen LogP contribution in [-0.4, -0.2) is 35.7 Å². The van der Waals surface area contributed by atoms with Crippen molar-refractivity contribution in [3.8, 4) is 0 Å². The molecule has 1 aromatic rings. The second kappa shape index (κ2) is 5.82. The Balaban J connectivity index is 2.61. The highest BCUT2D eigenvalue weighted by Gasteiger charge is 2.53. The number of nitrogens with zero attached hydrogens (tertiary/aromatic N) is 2. The average molecular weight is 322 g/mol. The monoisotopic (exact) mass is 322 g/mol. The SMILES string of the molecule is Cc1ccc(N2C(=O)N(C)C(C)(C)[C@@H]2C(C)OP)c(C)c1C. The van der Waals surface area contributed by atoms with Gasteiger partial charge in [0.15, 0.2) is 0 Å². The molecule has 0 spiro atoms. The summed E-state index contributed by atoms with van der Waals surface area (Å²) >= 11 is 0. The molecule has 0 N–H and O–H groups in total. The number of anilines is 1. The van der Waals surface area contributed by atoms with E-state index in [4.69, 9.17) is 4.52 Å². The summed E-state index contributed by atoms with van der Waals surface area (Å²) in [6.45, 7) is 12.5. The third-order valence-corrected chi connectivity index (χ3v) is 5.74. The molecule has 1 heterocycles. The lowest BCUT2D eigenvalue weighted by molar-refractivity contribution is 0.136. The molecule has 122 valence electrons. The fraction of sp³-hybridized carbons (Fsp3) is 0.588. The van der Waals surface area contributed by atoms with Crippen LogP contribution < -0.4 is 4.90 Å². The number of benzene rings is 1. The summed E-state index contributed by atoms with van der Waals surface area (Å²) in [5, 5.41) is 0. The maximum absolute atomic E-state index is 12.9. The molecule has 0 aliphatic carbocycles. The average Bonchev–Trinajstić information content (AvgIpc) is 2.65. The lowest BCUT2D eigenvalue weighted by atomic mass is 9.90. The summed E-state index contributed by atoms with van der Waals surface area (Å²) in [6, 6.07) is 4.10. The normalized spacial score (nSPS) is 22.4. The van der Waals surface area contributed by atoms with E-state index in [0.29, 0.717) is 0 Å². The molecule has 1 saturated heterocycles. The molecule has 2 rings (SSSR count). The van der Waals surface area contributed by atoms with Crippen LogP contribution in [0.3, 0.4) is 0 Å². The molecular weight excluding hydrogens is 295 g/mol. The molecular formula is C17H27N2O2P. The van der Waals surface area contributed by atoms with Crippen molar-refractivity contribution in [3.63, 3.8) is 0 Å². The van der Waals surface area contributed by atoms with Crippen molar-refractivity contribution in [3.05, 3.63) is 28.8 Å². The van der Waals surface area contributed by atoms with Crippen LogP contribution in [0.25, 0.3) is 0 Å². The lowest BCUT2D eigenvalue weighted by Gasteiger charge is -2.37. The first-order valence-electron chi connectivity index (χ1n) is 7.64. The van der Waals surface area contributed by atoms with Gasteiger partial charge in [-0.25, -0.2) is 4.79 Å². The van der Waals surface area contributed by atoms with Crippen LogP contribution >= 0.6 is 9.47 Å². The first-order chi connectivity index (χ1) is 10.1. The summed E-state index contributed by atoms with van der Waals surface area (Å²) in [7, 11) is 4.19. The van der Waals surface area contributed by atoms with Gasteiger partial charge in [-0.2, -0.15) is 0 Å². The van der Waals surface area contributed by atoms with Gasteiger partial charge in [-0.15, -0.1) is 0 Å². The predicted octanol–water partition coefficient (Wildman–Crippen LogP) is 3.83. The second-order valence-electron chi connectivity index (χ2n) is 6.80. The van der Waals surface area contributed by atoms with Crippen molar-refractivity contribution in [2.24, 2.45) is 0 Å². The van der Waals surface area contributed by atoms with E-state index in [2.05, 4.69) is 50.2 Å². The molecule has 4 nitrogen and oxygen atoms in total. The Kier molecular flexibility index (Phi) is 4.56. The second-order valence-corrected chi connectivity index (χ2v) is 7.08. The van der Waals surface area contributed by atoms with Crippen LogP contribution in [0.2, 0.25) is 0 Å². The molecule has 1 aliphatic heterocycles. The van der Waals surface area contributed by atoms with Crippen molar-refractivity contribution >= 4 is 21.2 Å². The highest BCUT2D eigenvalue weighted by atomic mass is 31.0. The van der Waals surface area contributed by atoms with Gasteiger partial charge in [-0.1, -0.05) is 6.07 Å². The van der Waals surface area contributed by atoms with Crippen LogP contribution in [-0.2, 0) is 4.52 Å². The Morgan fingerprint density at radius 1 is 1.23 bits per heavy atom. The van der Waals surface area contributed by atoms with E-state index in [-0.39, 0.29) is 23.7 Å². The van der Waals surface area contributed by atoms with E-state index in [0.717, 1.165) is 11.3 Å². The molecule has 0 bridgehead atoms. The minimum absolute atomic E-state index is 0.0234. The number of carbonyl (C=O) groups excluding carboxylic acids is 1. The highest BCUT2D eigenvalue weighted by Crippen LogP contribution is 2.40. The van der Waals surface area contributed by atoms with Gasteiger partial charge in [0.1, 0.15) is 0 Å². The molecule has 0 aromatic heterocycles. The fourth-order valence-corrected chi connectivity index (χ4v) is 3.50. The summed E-state index contributed by atoms with van der Waals surface area (Å²) in [4.78, 5) is 16.6. The first-order valence-corrected chi connectivity index (χ1v) is 8.11. The van der Waals surface area contributed by atoms with Gasteiger partial charge < -0.3 is 9.42 Å². The van der Waals surface area contributed by atoms with Gasteiger partial charge in [-0.3, -0.25) is 4.90 Å².